The number of aryl methyl sites for hydroxylation is 1. The lowest BCUT2D eigenvalue weighted by Gasteiger charge is -2.01. The van der Waals surface area contributed by atoms with Gasteiger partial charge in [-0.2, -0.15) is 5.26 Å². The van der Waals surface area contributed by atoms with Crippen molar-refractivity contribution in [3.8, 4) is 6.07 Å². The molecule has 4 nitrogen and oxygen atoms in total. The van der Waals surface area contributed by atoms with Gasteiger partial charge in [0.05, 0.1) is 21.8 Å². The Balaban J connectivity index is 1.86. The molecule has 2 aromatic carbocycles. The van der Waals surface area contributed by atoms with Crippen LogP contribution in [-0.2, 0) is 6.42 Å². The highest BCUT2D eigenvalue weighted by atomic mass is 32.1. The van der Waals surface area contributed by atoms with E-state index in [2.05, 4.69) is 23.3 Å². The Morgan fingerprint density at radius 1 is 1.32 bits per heavy atom. The Labute approximate surface area is 132 Å². The first-order valence-corrected chi connectivity index (χ1v) is 7.72. The molecule has 3 rings (SSSR count). The number of hydrogen-bond donors (Lipinski definition) is 1. The lowest BCUT2D eigenvalue weighted by atomic mass is 10.1. The summed E-state index contributed by atoms with van der Waals surface area (Å²) >= 11 is 1.45. The quantitative estimate of drug-likeness (QED) is 0.796. The van der Waals surface area contributed by atoms with Gasteiger partial charge in [-0.05, 0) is 42.3 Å². The second-order valence-electron chi connectivity index (χ2n) is 4.82. The number of carbonyl (C=O) groups is 1. The molecular weight excluding hydrogens is 294 g/mol. The number of carbonyl (C=O) groups excluding carboxylic acids is 1. The molecular formula is C17H13N3OS. The maximum Gasteiger partial charge on any atom is 0.257 e. The SMILES string of the molecule is CCc1ccc2nc(NC(=O)c3cccc(C#N)c3)sc2c1. The minimum absolute atomic E-state index is 0.258. The molecule has 0 aliphatic rings. The van der Waals surface area contributed by atoms with E-state index in [0.29, 0.717) is 16.3 Å². The number of amides is 1. The molecule has 0 spiro atoms. The number of fused-ring (bicyclic) bond motifs is 1. The van der Waals surface area contributed by atoms with Gasteiger partial charge in [0.25, 0.3) is 5.91 Å². The number of nitriles is 1. The first kappa shape index (κ1) is 14.2. The van der Waals surface area contributed by atoms with Crippen LogP contribution in [0.5, 0.6) is 0 Å². The minimum Gasteiger partial charge on any atom is -0.298 e. The molecule has 1 aromatic heterocycles. The predicted molar refractivity (Wildman–Crippen MR) is 88.1 cm³/mol. The third-order valence-electron chi connectivity index (χ3n) is 3.34. The Hall–Kier alpha value is -2.71. The number of thiazole rings is 1. The lowest BCUT2D eigenvalue weighted by molar-refractivity contribution is 0.102. The number of benzene rings is 2. The molecule has 0 atom stereocenters. The van der Waals surface area contributed by atoms with Gasteiger partial charge in [0.2, 0.25) is 0 Å². The Kier molecular flexibility index (Phi) is 3.86. The van der Waals surface area contributed by atoms with E-state index in [4.69, 9.17) is 5.26 Å². The lowest BCUT2D eigenvalue weighted by Crippen LogP contribution is -2.11. The summed E-state index contributed by atoms with van der Waals surface area (Å²) in [6.45, 7) is 2.10. The van der Waals surface area contributed by atoms with E-state index in [-0.39, 0.29) is 5.91 Å². The van der Waals surface area contributed by atoms with Crippen molar-refractivity contribution < 1.29 is 4.79 Å². The van der Waals surface area contributed by atoms with E-state index in [9.17, 15) is 4.79 Å². The fourth-order valence-corrected chi connectivity index (χ4v) is 3.07. The largest absolute Gasteiger partial charge is 0.298 e. The molecule has 108 valence electrons. The fourth-order valence-electron chi connectivity index (χ4n) is 2.14. The van der Waals surface area contributed by atoms with Crippen LogP contribution in [0.4, 0.5) is 5.13 Å². The molecule has 0 unspecified atom stereocenters. The Morgan fingerprint density at radius 2 is 2.18 bits per heavy atom. The van der Waals surface area contributed by atoms with Gasteiger partial charge in [-0.25, -0.2) is 4.98 Å². The van der Waals surface area contributed by atoms with Crippen LogP contribution in [0, 0.1) is 11.3 Å². The third kappa shape index (κ3) is 2.83. The van der Waals surface area contributed by atoms with Gasteiger partial charge in [-0.15, -0.1) is 0 Å². The molecule has 1 N–H and O–H groups in total. The maximum atomic E-state index is 12.2. The van der Waals surface area contributed by atoms with Crippen molar-refractivity contribution in [2.24, 2.45) is 0 Å². The van der Waals surface area contributed by atoms with Crippen molar-refractivity contribution in [2.75, 3.05) is 5.32 Å². The molecule has 0 radical (unpaired) electrons. The Bertz CT molecular complexity index is 892. The zero-order valence-corrected chi connectivity index (χ0v) is 12.8. The second kappa shape index (κ2) is 5.96. The van der Waals surface area contributed by atoms with E-state index in [0.717, 1.165) is 16.6 Å². The van der Waals surface area contributed by atoms with Gasteiger partial charge in [-0.3, -0.25) is 10.1 Å². The van der Waals surface area contributed by atoms with Crippen molar-refractivity contribution >= 4 is 32.6 Å². The van der Waals surface area contributed by atoms with Crippen LogP contribution >= 0.6 is 11.3 Å². The highest BCUT2D eigenvalue weighted by Crippen LogP contribution is 2.27. The summed E-state index contributed by atoms with van der Waals surface area (Å²) in [6, 6.07) is 14.7. The topological polar surface area (TPSA) is 65.8 Å². The molecule has 3 aromatic rings. The monoisotopic (exact) mass is 307 g/mol. The zero-order valence-electron chi connectivity index (χ0n) is 12.0. The summed E-state index contributed by atoms with van der Waals surface area (Å²) in [4.78, 5) is 16.6. The summed E-state index contributed by atoms with van der Waals surface area (Å²) in [5.41, 5.74) is 3.04. The average molecular weight is 307 g/mol. The predicted octanol–water partition coefficient (Wildman–Crippen LogP) is 3.98. The normalized spacial score (nSPS) is 10.4. The molecule has 0 bridgehead atoms. The summed E-state index contributed by atoms with van der Waals surface area (Å²) in [5.74, 6) is -0.258. The van der Waals surface area contributed by atoms with E-state index in [1.165, 1.54) is 16.9 Å². The summed E-state index contributed by atoms with van der Waals surface area (Å²) in [6.07, 6.45) is 0.969. The first-order valence-electron chi connectivity index (χ1n) is 6.90. The van der Waals surface area contributed by atoms with E-state index >= 15 is 0 Å². The van der Waals surface area contributed by atoms with Crippen LogP contribution < -0.4 is 5.32 Å². The first-order chi connectivity index (χ1) is 10.7. The van der Waals surface area contributed by atoms with Gasteiger partial charge >= 0.3 is 0 Å². The molecule has 5 heteroatoms. The number of anilines is 1. The number of aromatic nitrogens is 1. The smallest absolute Gasteiger partial charge is 0.257 e. The molecule has 0 aliphatic heterocycles. The fraction of sp³-hybridized carbons (Fsp3) is 0.118. The number of nitrogens with zero attached hydrogens (tertiary/aromatic N) is 2. The minimum atomic E-state index is -0.258. The van der Waals surface area contributed by atoms with Crippen molar-refractivity contribution in [1.82, 2.24) is 4.98 Å². The summed E-state index contributed by atoms with van der Waals surface area (Å²) in [7, 11) is 0. The standard InChI is InChI=1S/C17H13N3OS/c1-2-11-6-7-14-15(9-11)22-17(19-14)20-16(21)13-5-3-4-12(8-13)10-18/h3-9H,2H2,1H3,(H,19,20,21). The van der Waals surface area contributed by atoms with Crippen molar-refractivity contribution in [2.45, 2.75) is 13.3 Å². The molecule has 0 saturated heterocycles. The van der Waals surface area contributed by atoms with E-state index < -0.39 is 0 Å². The molecule has 22 heavy (non-hydrogen) atoms. The second-order valence-corrected chi connectivity index (χ2v) is 5.85. The summed E-state index contributed by atoms with van der Waals surface area (Å²) in [5, 5.41) is 12.2. The zero-order chi connectivity index (χ0) is 15.5. The number of nitrogens with one attached hydrogen (secondary N) is 1. The van der Waals surface area contributed by atoms with Crippen LogP contribution in [0.1, 0.15) is 28.4 Å². The van der Waals surface area contributed by atoms with Gasteiger partial charge < -0.3 is 0 Å². The Morgan fingerprint density at radius 3 is 2.95 bits per heavy atom. The van der Waals surface area contributed by atoms with Gasteiger partial charge in [-0.1, -0.05) is 30.4 Å². The molecule has 1 amide bonds. The van der Waals surface area contributed by atoms with Gasteiger partial charge in [0, 0.05) is 5.56 Å². The van der Waals surface area contributed by atoms with Crippen molar-refractivity contribution in [3.05, 3.63) is 59.2 Å². The summed E-state index contributed by atoms with van der Waals surface area (Å²) < 4.78 is 1.06. The third-order valence-corrected chi connectivity index (χ3v) is 4.27. The van der Waals surface area contributed by atoms with E-state index in [1.807, 2.05) is 18.2 Å². The van der Waals surface area contributed by atoms with Crippen LogP contribution in [0.3, 0.4) is 0 Å². The van der Waals surface area contributed by atoms with Gasteiger partial charge in [0.15, 0.2) is 5.13 Å². The van der Waals surface area contributed by atoms with Crippen molar-refractivity contribution in [3.63, 3.8) is 0 Å². The molecule has 1 heterocycles. The van der Waals surface area contributed by atoms with Crippen LogP contribution in [-0.4, -0.2) is 10.9 Å². The average Bonchev–Trinajstić information content (AvgIpc) is 2.95. The molecule has 0 saturated carbocycles. The van der Waals surface area contributed by atoms with E-state index in [1.54, 1.807) is 24.3 Å². The van der Waals surface area contributed by atoms with Crippen LogP contribution in [0.15, 0.2) is 42.5 Å². The van der Waals surface area contributed by atoms with Gasteiger partial charge in [0.1, 0.15) is 0 Å². The number of hydrogen-bond acceptors (Lipinski definition) is 4. The maximum absolute atomic E-state index is 12.2. The van der Waals surface area contributed by atoms with Crippen molar-refractivity contribution in [1.29, 1.82) is 5.26 Å². The van der Waals surface area contributed by atoms with Crippen LogP contribution in [0.2, 0.25) is 0 Å². The molecule has 0 aliphatic carbocycles. The highest BCUT2D eigenvalue weighted by Gasteiger charge is 2.10. The number of rotatable bonds is 3. The van der Waals surface area contributed by atoms with Crippen LogP contribution in [0.25, 0.3) is 10.2 Å². The highest BCUT2D eigenvalue weighted by molar-refractivity contribution is 7.22. The molecule has 0 fully saturated rings.